The highest BCUT2D eigenvalue weighted by molar-refractivity contribution is 5.76. The molecular weight excluding hydrogens is 347 g/mol. The fourth-order valence-corrected chi connectivity index (χ4v) is 4.19. The predicted molar refractivity (Wildman–Crippen MR) is 106 cm³/mol. The largest absolute Gasteiger partial charge is 0.465 e. The van der Waals surface area contributed by atoms with Gasteiger partial charge >= 0.3 is 5.97 Å². The zero-order valence-corrected chi connectivity index (χ0v) is 17.2. The molecule has 1 aliphatic rings. The number of allylic oxidation sites excluding steroid dienone is 2. The highest BCUT2D eigenvalue weighted by Crippen LogP contribution is 2.41. The number of esters is 1. The van der Waals surface area contributed by atoms with E-state index >= 15 is 0 Å². The monoisotopic (exact) mass is 386 g/mol. The van der Waals surface area contributed by atoms with Gasteiger partial charge in [-0.15, -0.1) is 0 Å². The number of unbranched alkanes of at least 4 members (excludes halogenated alkanes) is 6. The minimum atomic E-state index is -2.38. The Balaban J connectivity index is 2.33. The average molecular weight is 387 g/mol. The van der Waals surface area contributed by atoms with Gasteiger partial charge < -0.3 is 14.9 Å². The van der Waals surface area contributed by atoms with Crippen LogP contribution in [0.1, 0.15) is 84.0 Å². The number of hydrogen-bond acceptors (Lipinski definition) is 4. The van der Waals surface area contributed by atoms with Crippen molar-refractivity contribution in [3.63, 3.8) is 0 Å². The van der Waals surface area contributed by atoms with Gasteiger partial charge in [0.15, 0.2) is 0 Å². The van der Waals surface area contributed by atoms with Crippen molar-refractivity contribution in [3.8, 4) is 0 Å². The Morgan fingerprint density at radius 2 is 1.81 bits per heavy atom. The molecule has 1 rings (SSSR count). The Hall–Kier alpha value is -0.940. The van der Waals surface area contributed by atoms with Crippen LogP contribution in [0, 0.1) is 17.8 Å². The van der Waals surface area contributed by atoms with Crippen LogP contribution in [0.5, 0.6) is 0 Å². The van der Waals surface area contributed by atoms with Crippen LogP contribution in [0.3, 0.4) is 0 Å². The molecule has 1 fully saturated rings. The maximum atomic E-state index is 13.3. The molecule has 0 saturated heterocycles. The number of halogens is 1. The third-order valence-corrected chi connectivity index (χ3v) is 5.89. The fraction of sp³-hybridized carbons (Fsp3) is 0.864. The molecule has 0 aliphatic heterocycles. The molecule has 1 aliphatic carbocycles. The summed E-state index contributed by atoms with van der Waals surface area (Å²) in [6.45, 7) is 1.97. The van der Waals surface area contributed by atoms with Crippen molar-refractivity contribution in [2.45, 2.75) is 89.8 Å². The molecule has 27 heavy (non-hydrogen) atoms. The molecule has 0 heterocycles. The summed E-state index contributed by atoms with van der Waals surface area (Å²) in [4.78, 5) is 11.2. The van der Waals surface area contributed by atoms with Crippen molar-refractivity contribution in [2.24, 2.45) is 17.8 Å². The standard InChI is InChI=1S/C22H39FO4/c1-3-4-5-6-7-10-13-20-18(14-15-19(20)17-23)12-9-8-11-16-22(25,26)21(24)27-2/h10,13,18-20,25-26H,3-9,11-12,14-17H2,1-2H3/t18-,19+,20-/m1/s1. The normalized spacial score (nSPS) is 23.2. The summed E-state index contributed by atoms with van der Waals surface area (Å²) in [6.07, 6.45) is 16.0. The van der Waals surface area contributed by atoms with Gasteiger partial charge in [0.2, 0.25) is 0 Å². The molecule has 4 nitrogen and oxygen atoms in total. The third kappa shape index (κ3) is 8.73. The van der Waals surface area contributed by atoms with Crippen LogP contribution >= 0.6 is 0 Å². The number of methoxy groups -OCH3 is 1. The molecule has 0 aromatic heterocycles. The minimum Gasteiger partial charge on any atom is -0.465 e. The molecule has 0 spiro atoms. The van der Waals surface area contributed by atoms with Gasteiger partial charge in [0, 0.05) is 6.42 Å². The molecule has 0 radical (unpaired) electrons. The van der Waals surface area contributed by atoms with E-state index in [2.05, 4.69) is 23.8 Å². The molecule has 0 amide bonds. The molecular formula is C22H39FO4. The van der Waals surface area contributed by atoms with E-state index in [1.807, 2.05) is 0 Å². The quantitative estimate of drug-likeness (QED) is 0.192. The first kappa shape index (κ1) is 24.1. The number of carbonyl (C=O) groups excluding carboxylic acids is 1. The Bertz CT molecular complexity index is 436. The summed E-state index contributed by atoms with van der Waals surface area (Å²) < 4.78 is 17.7. The molecule has 0 bridgehead atoms. The Morgan fingerprint density at radius 3 is 2.48 bits per heavy atom. The lowest BCUT2D eigenvalue weighted by Gasteiger charge is -2.21. The lowest BCUT2D eigenvalue weighted by atomic mass is 9.86. The zero-order chi connectivity index (χ0) is 20.1. The van der Waals surface area contributed by atoms with Crippen LogP contribution in [0.4, 0.5) is 4.39 Å². The van der Waals surface area contributed by atoms with Crippen molar-refractivity contribution >= 4 is 5.97 Å². The van der Waals surface area contributed by atoms with Crippen molar-refractivity contribution in [3.05, 3.63) is 12.2 Å². The second kappa shape index (κ2) is 13.3. The van der Waals surface area contributed by atoms with Gasteiger partial charge in [0.25, 0.3) is 5.79 Å². The zero-order valence-electron chi connectivity index (χ0n) is 17.2. The molecule has 0 aromatic rings. The summed E-state index contributed by atoms with van der Waals surface area (Å²) in [5, 5.41) is 19.2. The molecule has 0 unspecified atom stereocenters. The SMILES string of the molecule is CCCCCCC=C[C@@H]1[C@H](CCCCCC(O)(O)C(=O)OC)CC[C@H]1CF. The first-order valence-corrected chi connectivity index (χ1v) is 10.7. The van der Waals surface area contributed by atoms with Crippen molar-refractivity contribution in [1.29, 1.82) is 0 Å². The highest BCUT2D eigenvalue weighted by atomic mass is 19.1. The van der Waals surface area contributed by atoms with E-state index in [1.54, 1.807) is 0 Å². The first-order chi connectivity index (χ1) is 13.0. The predicted octanol–water partition coefficient (Wildman–Crippen LogP) is 4.93. The summed E-state index contributed by atoms with van der Waals surface area (Å²) >= 11 is 0. The second-order valence-corrected chi connectivity index (χ2v) is 8.01. The molecule has 158 valence electrons. The number of aliphatic hydroxyl groups is 2. The third-order valence-electron chi connectivity index (χ3n) is 5.89. The van der Waals surface area contributed by atoms with Gasteiger partial charge in [0.1, 0.15) is 0 Å². The summed E-state index contributed by atoms with van der Waals surface area (Å²) in [5.41, 5.74) is 0. The Kier molecular flexibility index (Phi) is 11.8. The van der Waals surface area contributed by atoms with E-state index in [4.69, 9.17) is 0 Å². The summed E-state index contributed by atoms with van der Waals surface area (Å²) in [5.74, 6) is -2.38. The second-order valence-electron chi connectivity index (χ2n) is 8.01. The number of rotatable bonds is 14. The van der Waals surface area contributed by atoms with E-state index in [1.165, 1.54) is 25.7 Å². The van der Waals surface area contributed by atoms with Gasteiger partial charge in [-0.25, -0.2) is 4.79 Å². The van der Waals surface area contributed by atoms with Crippen LogP contribution in [-0.4, -0.2) is 35.8 Å². The van der Waals surface area contributed by atoms with Crippen LogP contribution in [-0.2, 0) is 9.53 Å². The molecule has 0 aromatic carbocycles. The van der Waals surface area contributed by atoms with Crippen LogP contribution in [0.15, 0.2) is 12.2 Å². The van der Waals surface area contributed by atoms with Crippen molar-refractivity contribution < 1.29 is 24.1 Å². The van der Waals surface area contributed by atoms with Crippen molar-refractivity contribution in [2.75, 3.05) is 13.8 Å². The first-order valence-electron chi connectivity index (χ1n) is 10.7. The van der Waals surface area contributed by atoms with E-state index in [0.29, 0.717) is 18.3 Å². The number of alkyl halides is 1. The number of hydrogen-bond donors (Lipinski definition) is 2. The van der Waals surface area contributed by atoms with Crippen LogP contribution in [0.25, 0.3) is 0 Å². The Labute approximate surface area is 164 Å². The number of carbonyl (C=O) groups is 1. The lowest BCUT2D eigenvalue weighted by Crippen LogP contribution is -2.39. The fourth-order valence-electron chi connectivity index (χ4n) is 4.19. The van der Waals surface area contributed by atoms with Gasteiger partial charge in [0.05, 0.1) is 13.8 Å². The highest BCUT2D eigenvalue weighted by Gasteiger charge is 2.35. The van der Waals surface area contributed by atoms with E-state index in [9.17, 15) is 19.4 Å². The van der Waals surface area contributed by atoms with E-state index in [0.717, 1.165) is 45.6 Å². The molecule has 5 heteroatoms. The summed E-state index contributed by atoms with van der Waals surface area (Å²) in [6, 6.07) is 0. The van der Waals surface area contributed by atoms with Gasteiger partial charge in [-0.2, -0.15) is 0 Å². The molecule has 1 saturated carbocycles. The van der Waals surface area contributed by atoms with Gasteiger partial charge in [-0.05, 0) is 56.3 Å². The molecule has 2 N–H and O–H groups in total. The van der Waals surface area contributed by atoms with Crippen LogP contribution in [0.2, 0.25) is 0 Å². The van der Waals surface area contributed by atoms with Crippen molar-refractivity contribution in [1.82, 2.24) is 0 Å². The molecule has 3 atom stereocenters. The Morgan fingerprint density at radius 1 is 1.11 bits per heavy atom. The minimum absolute atomic E-state index is 0.0153. The topological polar surface area (TPSA) is 66.8 Å². The van der Waals surface area contributed by atoms with E-state index in [-0.39, 0.29) is 19.0 Å². The lowest BCUT2D eigenvalue weighted by molar-refractivity contribution is -0.209. The van der Waals surface area contributed by atoms with Gasteiger partial charge in [-0.3, -0.25) is 4.39 Å². The average Bonchev–Trinajstić information content (AvgIpc) is 3.05. The maximum Gasteiger partial charge on any atom is 0.366 e. The van der Waals surface area contributed by atoms with E-state index < -0.39 is 11.8 Å². The van der Waals surface area contributed by atoms with Crippen LogP contribution < -0.4 is 0 Å². The number of ether oxygens (including phenoxy) is 1. The smallest absolute Gasteiger partial charge is 0.366 e. The maximum absolute atomic E-state index is 13.3. The van der Waals surface area contributed by atoms with Gasteiger partial charge in [-0.1, -0.05) is 51.2 Å². The summed E-state index contributed by atoms with van der Waals surface area (Å²) in [7, 11) is 1.14.